The Kier molecular flexibility index (Phi) is 4.20. The molecule has 0 spiro atoms. The van der Waals surface area contributed by atoms with E-state index in [1.54, 1.807) is 11.8 Å². The van der Waals surface area contributed by atoms with Crippen LogP contribution in [0.1, 0.15) is 48.0 Å². The summed E-state index contributed by atoms with van der Waals surface area (Å²) in [5.74, 6) is -0.581. The summed E-state index contributed by atoms with van der Waals surface area (Å²) in [5, 5.41) is 9.13. The third-order valence-corrected chi connectivity index (χ3v) is 5.25. The summed E-state index contributed by atoms with van der Waals surface area (Å²) in [6.45, 7) is 12.2. The molecule has 17 heavy (non-hydrogen) atoms. The fourth-order valence-corrected chi connectivity index (χ4v) is 4.06. The molecule has 1 saturated heterocycles. The summed E-state index contributed by atoms with van der Waals surface area (Å²) < 4.78 is 6.00. The van der Waals surface area contributed by atoms with Crippen molar-refractivity contribution in [3.63, 3.8) is 0 Å². The van der Waals surface area contributed by atoms with Crippen molar-refractivity contribution in [1.82, 2.24) is 0 Å². The molecule has 2 unspecified atom stereocenters. The lowest BCUT2D eigenvalue weighted by molar-refractivity contribution is -0.137. The molecule has 0 aromatic rings. The summed E-state index contributed by atoms with van der Waals surface area (Å²) in [6, 6.07) is 0. The van der Waals surface area contributed by atoms with Gasteiger partial charge in [-0.1, -0.05) is 13.8 Å². The third kappa shape index (κ3) is 3.62. The fourth-order valence-electron chi connectivity index (χ4n) is 2.40. The summed E-state index contributed by atoms with van der Waals surface area (Å²) in [4.78, 5) is 11.2. The minimum atomic E-state index is -0.717. The van der Waals surface area contributed by atoms with Crippen molar-refractivity contribution < 1.29 is 14.6 Å². The Morgan fingerprint density at radius 2 is 1.88 bits per heavy atom. The standard InChI is InChI=1S/C13H24O3S/c1-8(2)10(11(14)15)17-9-7-12(3,4)16-13(9,5)6/h8-10H,7H2,1-6H3,(H,14,15). The number of rotatable bonds is 4. The molecule has 1 fully saturated rings. The van der Waals surface area contributed by atoms with E-state index in [0.717, 1.165) is 6.42 Å². The second kappa shape index (κ2) is 4.81. The van der Waals surface area contributed by atoms with Crippen LogP contribution in [0.3, 0.4) is 0 Å². The molecule has 3 nitrogen and oxygen atoms in total. The predicted octanol–water partition coefficient (Wildman–Crippen LogP) is 3.17. The fraction of sp³-hybridized carbons (Fsp3) is 0.923. The monoisotopic (exact) mass is 260 g/mol. The minimum absolute atomic E-state index is 0.136. The molecule has 1 rings (SSSR count). The Morgan fingerprint density at radius 1 is 1.35 bits per heavy atom. The second-order valence-corrected chi connectivity index (χ2v) is 7.65. The first-order valence-corrected chi connectivity index (χ1v) is 7.08. The smallest absolute Gasteiger partial charge is 0.316 e. The number of thioether (sulfide) groups is 1. The highest BCUT2D eigenvalue weighted by atomic mass is 32.2. The lowest BCUT2D eigenvalue weighted by Gasteiger charge is -2.29. The summed E-state index contributed by atoms with van der Waals surface area (Å²) in [7, 11) is 0. The van der Waals surface area contributed by atoms with Gasteiger partial charge in [0.15, 0.2) is 0 Å². The third-order valence-electron chi connectivity index (χ3n) is 3.15. The molecular weight excluding hydrogens is 236 g/mol. The van der Waals surface area contributed by atoms with E-state index in [1.165, 1.54) is 0 Å². The van der Waals surface area contributed by atoms with Gasteiger partial charge in [0.05, 0.1) is 11.2 Å². The first kappa shape index (κ1) is 14.8. The van der Waals surface area contributed by atoms with Crippen LogP contribution in [-0.4, -0.2) is 32.8 Å². The van der Waals surface area contributed by atoms with Crippen LogP contribution in [0, 0.1) is 5.92 Å². The molecule has 100 valence electrons. The van der Waals surface area contributed by atoms with Crippen molar-refractivity contribution in [2.75, 3.05) is 0 Å². The first-order chi connectivity index (χ1) is 7.55. The van der Waals surface area contributed by atoms with Gasteiger partial charge in [-0.25, -0.2) is 0 Å². The maximum absolute atomic E-state index is 11.2. The Balaban J connectivity index is 2.77. The van der Waals surface area contributed by atoms with E-state index < -0.39 is 5.97 Å². The summed E-state index contributed by atoms with van der Waals surface area (Å²) >= 11 is 1.55. The van der Waals surface area contributed by atoms with E-state index in [2.05, 4.69) is 27.7 Å². The van der Waals surface area contributed by atoms with Crippen molar-refractivity contribution in [3.05, 3.63) is 0 Å². The number of carbonyl (C=O) groups is 1. The highest BCUT2D eigenvalue weighted by molar-refractivity contribution is 8.01. The molecule has 1 heterocycles. The van der Waals surface area contributed by atoms with Crippen LogP contribution in [-0.2, 0) is 9.53 Å². The van der Waals surface area contributed by atoms with E-state index >= 15 is 0 Å². The lowest BCUT2D eigenvalue weighted by Crippen LogP contribution is -2.34. The molecule has 0 amide bonds. The molecule has 0 aromatic carbocycles. The van der Waals surface area contributed by atoms with Gasteiger partial charge >= 0.3 is 5.97 Å². The number of carboxylic acid groups (broad SMARTS) is 1. The maximum Gasteiger partial charge on any atom is 0.316 e. The average Bonchev–Trinajstić information content (AvgIpc) is 2.28. The van der Waals surface area contributed by atoms with Crippen molar-refractivity contribution in [1.29, 1.82) is 0 Å². The first-order valence-electron chi connectivity index (χ1n) is 6.13. The molecular formula is C13H24O3S. The zero-order chi connectivity index (χ0) is 13.4. The molecule has 1 N–H and O–H groups in total. The van der Waals surface area contributed by atoms with Crippen LogP contribution in [0.5, 0.6) is 0 Å². The molecule has 1 aliphatic rings. The number of hydrogen-bond donors (Lipinski definition) is 1. The van der Waals surface area contributed by atoms with Crippen LogP contribution in [0.15, 0.2) is 0 Å². The molecule has 0 saturated carbocycles. The number of aliphatic carboxylic acids is 1. The normalized spacial score (nSPS) is 28.3. The molecule has 2 atom stereocenters. The van der Waals surface area contributed by atoms with E-state index in [0.29, 0.717) is 0 Å². The average molecular weight is 260 g/mol. The van der Waals surface area contributed by atoms with E-state index in [-0.39, 0.29) is 27.6 Å². The topological polar surface area (TPSA) is 46.5 Å². The predicted molar refractivity (Wildman–Crippen MR) is 71.5 cm³/mol. The van der Waals surface area contributed by atoms with Gasteiger partial charge in [-0.2, -0.15) is 0 Å². The number of carboxylic acids is 1. The van der Waals surface area contributed by atoms with Gasteiger partial charge < -0.3 is 9.84 Å². The van der Waals surface area contributed by atoms with Crippen LogP contribution in [0.4, 0.5) is 0 Å². The van der Waals surface area contributed by atoms with Crippen molar-refractivity contribution in [2.24, 2.45) is 5.92 Å². The zero-order valence-electron chi connectivity index (χ0n) is 11.6. The summed E-state index contributed by atoms with van der Waals surface area (Å²) in [5.41, 5.74) is -0.405. The lowest BCUT2D eigenvalue weighted by atomic mass is 10.0. The van der Waals surface area contributed by atoms with E-state index in [4.69, 9.17) is 4.74 Å². The van der Waals surface area contributed by atoms with Gasteiger partial charge in [0.25, 0.3) is 0 Å². The Bertz CT molecular complexity index is 297. The molecule has 4 heteroatoms. The number of hydrogen-bond acceptors (Lipinski definition) is 3. The molecule has 0 bridgehead atoms. The SMILES string of the molecule is CC(C)C(SC1CC(C)(C)OC1(C)C)C(=O)O. The Morgan fingerprint density at radius 3 is 2.18 bits per heavy atom. The summed E-state index contributed by atoms with van der Waals surface area (Å²) in [6.07, 6.45) is 0.904. The largest absolute Gasteiger partial charge is 0.480 e. The van der Waals surface area contributed by atoms with E-state index in [1.807, 2.05) is 13.8 Å². The molecule has 0 aromatic heterocycles. The van der Waals surface area contributed by atoms with Crippen molar-refractivity contribution in [2.45, 2.75) is 69.7 Å². The maximum atomic E-state index is 11.2. The van der Waals surface area contributed by atoms with Gasteiger partial charge in [-0.15, -0.1) is 11.8 Å². The number of ether oxygens (including phenoxy) is 1. The van der Waals surface area contributed by atoms with E-state index in [9.17, 15) is 9.90 Å². The zero-order valence-corrected chi connectivity index (χ0v) is 12.4. The van der Waals surface area contributed by atoms with Crippen molar-refractivity contribution in [3.8, 4) is 0 Å². The Labute approximate surface area is 108 Å². The van der Waals surface area contributed by atoms with Gasteiger partial charge in [0.1, 0.15) is 5.25 Å². The molecule has 0 radical (unpaired) electrons. The Hall–Kier alpha value is -0.220. The molecule has 1 aliphatic heterocycles. The molecule has 0 aliphatic carbocycles. The second-order valence-electron chi connectivity index (χ2n) is 6.30. The highest BCUT2D eigenvalue weighted by Gasteiger charge is 2.47. The minimum Gasteiger partial charge on any atom is -0.480 e. The van der Waals surface area contributed by atoms with Gasteiger partial charge in [0, 0.05) is 5.25 Å². The van der Waals surface area contributed by atoms with Crippen LogP contribution >= 0.6 is 11.8 Å². The van der Waals surface area contributed by atoms with Gasteiger partial charge in [-0.05, 0) is 40.0 Å². The van der Waals surface area contributed by atoms with Crippen molar-refractivity contribution >= 4 is 17.7 Å². The quantitative estimate of drug-likeness (QED) is 0.843. The van der Waals surface area contributed by atoms with Gasteiger partial charge in [-0.3, -0.25) is 4.79 Å². The van der Waals surface area contributed by atoms with Crippen LogP contribution in [0.2, 0.25) is 0 Å². The van der Waals surface area contributed by atoms with Gasteiger partial charge in [0.2, 0.25) is 0 Å². The highest BCUT2D eigenvalue weighted by Crippen LogP contribution is 2.45. The van der Waals surface area contributed by atoms with Crippen LogP contribution in [0.25, 0.3) is 0 Å². The van der Waals surface area contributed by atoms with Crippen LogP contribution < -0.4 is 0 Å².